The molecule has 22 heavy (non-hydrogen) atoms. The van der Waals surface area contributed by atoms with Crippen LogP contribution in [0.5, 0.6) is 0 Å². The fraction of sp³-hybridized carbons (Fsp3) is 0.625. The summed E-state index contributed by atoms with van der Waals surface area (Å²) in [5, 5.41) is 3.43. The molecule has 6 heteroatoms. The number of rotatable bonds is 4. The van der Waals surface area contributed by atoms with E-state index in [1.54, 1.807) is 6.92 Å². The maximum Gasteiger partial charge on any atom is 0.341 e. The van der Waals surface area contributed by atoms with Gasteiger partial charge in [0.25, 0.3) is 0 Å². The minimum atomic E-state index is -0.378. The summed E-state index contributed by atoms with van der Waals surface area (Å²) in [7, 11) is 0. The summed E-state index contributed by atoms with van der Waals surface area (Å²) in [4.78, 5) is 25.3. The van der Waals surface area contributed by atoms with E-state index in [0.29, 0.717) is 30.2 Å². The number of fused-ring (bicyclic) bond motifs is 1. The van der Waals surface area contributed by atoms with Gasteiger partial charge in [0.1, 0.15) is 5.00 Å². The number of hydrogen-bond donors (Lipinski definition) is 1. The van der Waals surface area contributed by atoms with Crippen molar-refractivity contribution in [3.05, 3.63) is 16.0 Å². The number of carbonyl (C=O) groups is 2. The van der Waals surface area contributed by atoms with Gasteiger partial charge in [-0.2, -0.15) is 0 Å². The lowest BCUT2D eigenvalue weighted by atomic mass is 9.93. The number of carbonyl (C=O) groups excluding carboxylic acids is 2. The Balaban J connectivity index is 2.43. The highest BCUT2D eigenvalue weighted by atomic mass is 32.1. The predicted octanol–water partition coefficient (Wildman–Crippen LogP) is 3.37. The van der Waals surface area contributed by atoms with E-state index in [-0.39, 0.29) is 23.4 Å². The molecule has 0 fully saturated rings. The quantitative estimate of drug-likeness (QED) is 0.862. The molecule has 2 heterocycles. The Hall–Kier alpha value is -1.40. The third-order valence-electron chi connectivity index (χ3n) is 3.53. The van der Waals surface area contributed by atoms with E-state index in [0.717, 1.165) is 10.4 Å². The molecule has 1 aromatic heterocycles. The van der Waals surface area contributed by atoms with Gasteiger partial charge in [0.2, 0.25) is 5.91 Å². The maximum atomic E-state index is 12.4. The van der Waals surface area contributed by atoms with Crippen molar-refractivity contribution in [2.75, 3.05) is 11.9 Å². The van der Waals surface area contributed by atoms with Crippen molar-refractivity contribution in [1.29, 1.82) is 0 Å². The fourth-order valence-corrected chi connectivity index (χ4v) is 3.44. The summed E-state index contributed by atoms with van der Waals surface area (Å²) in [5.41, 5.74) is 1.11. The molecule has 1 aromatic rings. The zero-order valence-corrected chi connectivity index (χ0v) is 14.6. The molecular formula is C16H23NO4S. The molecule has 0 unspecified atom stereocenters. The SMILES string of the molecule is CCOC(=O)c1c(NC(=O)C(C)C)sc2c1CC(C)(C)OC2. The van der Waals surface area contributed by atoms with Crippen molar-refractivity contribution in [3.63, 3.8) is 0 Å². The van der Waals surface area contributed by atoms with Gasteiger partial charge < -0.3 is 14.8 Å². The normalized spacial score (nSPS) is 16.3. The van der Waals surface area contributed by atoms with Gasteiger partial charge in [-0.3, -0.25) is 4.79 Å². The zero-order chi connectivity index (χ0) is 16.5. The zero-order valence-electron chi connectivity index (χ0n) is 13.7. The maximum absolute atomic E-state index is 12.4. The molecule has 0 radical (unpaired) electrons. The van der Waals surface area contributed by atoms with Crippen molar-refractivity contribution >= 4 is 28.2 Å². The Kier molecular flexibility index (Phi) is 4.92. The number of amides is 1. The minimum Gasteiger partial charge on any atom is -0.462 e. The van der Waals surface area contributed by atoms with Gasteiger partial charge in [-0.05, 0) is 26.3 Å². The standard InChI is InChI=1S/C16H23NO4S/c1-6-20-15(19)12-10-7-16(4,5)21-8-11(10)22-14(12)17-13(18)9(2)3/h9H,6-8H2,1-5H3,(H,17,18). The van der Waals surface area contributed by atoms with Crippen molar-refractivity contribution in [2.45, 2.75) is 53.2 Å². The summed E-state index contributed by atoms with van der Waals surface area (Å²) in [6.07, 6.45) is 0.629. The van der Waals surface area contributed by atoms with Crippen LogP contribution in [0, 0.1) is 5.92 Å². The Labute approximate surface area is 135 Å². The Morgan fingerprint density at radius 1 is 1.41 bits per heavy atom. The van der Waals surface area contributed by atoms with E-state index >= 15 is 0 Å². The third-order valence-corrected chi connectivity index (χ3v) is 4.65. The van der Waals surface area contributed by atoms with Crippen LogP contribution in [0.4, 0.5) is 5.00 Å². The smallest absolute Gasteiger partial charge is 0.341 e. The molecule has 1 aliphatic rings. The molecule has 2 rings (SSSR count). The van der Waals surface area contributed by atoms with E-state index in [1.807, 2.05) is 27.7 Å². The second kappa shape index (κ2) is 6.38. The number of thiophene rings is 1. The van der Waals surface area contributed by atoms with E-state index in [2.05, 4.69) is 5.32 Å². The van der Waals surface area contributed by atoms with Crippen LogP contribution < -0.4 is 5.32 Å². The largest absolute Gasteiger partial charge is 0.462 e. The first kappa shape index (κ1) is 17.0. The van der Waals surface area contributed by atoms with Crippen LogP contribution >= 0.6 is 11.3 Å². The van der Waals surface area contributed by atoms with Crippen molar-refractivity contribution < 1.29 is 19.1 Å². The molecule has 0 saturated heterocycles. The summed E-state index contributed by atoms with van der Waals surface area (Å²) in [6.45, 7) is 10.2. The van der Waals surface area contributed by atoms with Crippen LogP contribution in [0.15, 0.2) is 0 Å². The number of nitrogens with one attached hydrogen (secondary N) is 1. The summed E-state index contributed by atoms with van der Waals surface area (Å²) in [5.74, 6) is -0.636. The monoisotopic (exact) mass is 325 g/mol. The van der Waals surface area contributed by atoms with Crippen molar-refractivity contribution in [3.8, 4) is 0 Å². The number of hydrogen-bond acceptors (Lipinski definition) is 5. The van der Waals surface area contributed by atoms with Crippen LogP contribution in [-0.2, 0) is 27.3 Å². The first-order chi connectivity index (χ1) is 10.2. The third kappa shape index (κ3) is 3.50. The lowest BCUT2D eigenvalue weighted by Gasteiger charge is -2.30. The van der Waals surface area contributed by atoms with Crippen LogP contribution in [-0.4, -0.2) is 24.1 Å². The van der Waals surface area contributed by atoms with Crippen LogP contribution in [0.25, 0.3) is 0 Å². The molecule has 1 N–H and O–H groups in total. The number of ether oxygens (including phenoxy) is 2. The summed E-state index contributed by atoms with van der Waals surface area (Å²) in [6, 6.07) is 0. The summed E-state index contributed by atoms with van der Waals surface area (Å²) >= 11 is 1.40. The van der Waals surface area contributed by atoms with Gasteiger partial charge in [-0.25, -0.2) is 4.79 Å². The molecule has 0 bridgehead atoms. The highest BCUT2D eigenvalue weighted by Gasteiger charge is 2.34. The van der Waals surface area contributed by atoms with E-state index in [4.69, 9.17) is 9.47 Å². The van der Waals surface area contributed by atoms with Crippen LogP contribution in [0.2, 0.25) is 0 Å². The van der Waals surface area contributed by atoms with E-state index < -0.39 is 0 Å². The Morgan fingerprint density at radius 3 is 2.68 bits per heavy atom. The molecule has 0 saturated carbocycles. The number of esters is 1. The summed E-state index contributed by atoms with van der Waals surface area (Å²) < 4.78 is 11.0. The Morgan fingerprint density at radius 2 is 2.09 bits per heavy atom. The molecule has 5 nitrogen and oxygen atoms in total. The molecule has 1 aliphatic heterocycles. The number of anilines is 1. The van der Waals surface area contributed by atoms with Crippen LogP contribution in [0.1, 0.15) is 55.4 Å². The first-order valence-electron chi connectivity index (χ1n) is 7.51. The first-order valence-corrected chi connectivity index (χ1v) is 8.33. The predicted molar refractivity (Wildman–Crippen MR) is 86.3 cm³/mol. The van der Waals surface area contributed by atoms with Crippen molar-refractivity contribution in [2.24, 2.45) is 5.92 Å². The lowest BCUT2D eigenvalue weighted by Crippen LogP contribution is -2.32. The lowest BCUT2D eigenvalue weighted by molar-refractivity contribution is -0.118. The second-order valence-corrected chi connectivity index (χ2v) is 7.40. The molecule has 0 aliphatic carbocycles. The van der Waals surface area contributed by atoms with Gasteiger partial charge >= 0.3 is 5.97 Å². The second-order valence-electron chi connectivity index (χ2n) is 6.30. The van der Waals surface area contributed by atoms with Gasteiger partial charge in [0.15, 0.2) is 0 Å². The van der Waals surface area contributed by atoms with Gasteiger partial charge in [0.05, 0.1) is 24.4 Å². The van der Waals surface area contributed by atoms with Gasteiger partial charge in [-0.15, -0.1) is 11.3 Å². The highest BCUT2D eigenvalue weighted by molar-refractivity contribution is 7.17. The van der Waals surface area contributed by atoms with Gasteiger partial charge in [-0.1, -0.05) is 13.8 Å². The average Bonchev–Trinajstić information content (AvgIpc) is 2.74. The van der Waals surface area contributed by atoms with Crippen LogP contribution in [0.3, 0.4) is 0 Å². The van der Waals surface area contributed by atoms with E-state index in [9.17, 15) is 9.59 Å². The molecule has 1 amide bonds. The molecular weight excluding hydrogens is 302 g/mol. The molecule has 0 spiro atoms. The van der Waals surface area contributed by atoms with Gasteiger partial charge in [0, 0.05) is 17.2 Å². The molecule has 0 aromatic carbocycles. The Bertz CT molecular complexity index is 589. The molecule has 122 valence electrons. The topological polar surface area (TPSA) is 64.6 Å². The average molecular weight is 325 g/mol. The fourth-order valence-electron chi connectivity index (χ4n) is 2.32. The minimum absolute atomic E-state index is 0.107. The molecule has 0 atom stereocenters. The van der Waals surface area contributed by atoms with E-state index in [1.165, 1.54) is 11.3 Å². The highest BCUT2D eigenvalue weighted by Crippen LogP contribution is 2.40. The van der Waals surface area contributed by atoms with Crippen molar-refractivity contribution in [1.82, 2.24) is 0 Å².